The number of benzene rings is 1. The number of nitrogens with one attached hydrogen (secondary N) is 2. The highest BCUT2D eigenvalue weighted by Crippen LogP contribution is 2.30. The number of carboxylic acids is 1. The molecule has 0 bridgehead atoms. The van der Waals surface area contributed by atoms with E-state index in [0.717, 1.165) is 12.8 Å². The molecule has 1 aromatic rings. The number of anilines is 1. The van der Waals surface area contributed by atoms with Crippen molar-refractivity contribution in [1.29, 1.82) is 0 Å². The summed E-state index contributed by atoms with van der Waals surface area (Å²) in [5.74, 6) is -2.82. The molecule has 1 aliphatic carbocycles. The van der Waals surface area contributed by atoms with Crippen LogP contribution in [-0.4, -0.2) is 35.1 Å². The zero-order valence-electron chi connectivity index (χ0n) is 12.4. The first kappa shape index (κ1) is 17.8. The summed E-state index contributed by atoms with van der Waals surface area (Å²) in [6, 6.07) is 3.38. The Balaban J connectivity index is 1.97. The number of halogens is 3. The molecule has 1 aliphatic rings. The fourth-order valence-corrected chi connectivity index (χ4v) is 1.97. The first-order valence-electron chi connectivity index (χ1n) is 7.17. The van der Waals surface area contributed by atoms with Crippen LogP contribution in [0.2, 0.25) is 0 Å². The number of hydrogen-bond donors (Lipinski definition) is 3. The summed E-state index contributed by atoms with van der Waals surface area (Å²) in [4.78, 5) is 34.3. The van der Waals surface area contributed by atoms with E-state index in [1.54, 1.807) is 0 Å². The maximum absolute atomic E-state index is 12.3. The Morgan fingerprint density at radius 3 is 2.21 bits per heavy atom. The largest absolute Gasteiger partial charge is 0.480 e. The summed E-state index contributed by atoms with van der Waals surface area (Å²) in [7, 11) is 0. The average Bonchev–Trinajstić information content (AvgIpc) is 3.30. The number of carboxylic acid groups (broad SMARTS) is 1. The van der Waals surface area contributed by atoms with E-state index in [1.165, 1.54) is 24.3 Å². The lowest BCUT2D eigenvalue weighted by molar-refractivity contribution is -0.157. The van der Waals surface area contributed by atoms with Crippen LogP contribution in [0.4, 0.5) is 18.9 Å². The number of amides is 2. The van der Waals surface area contributed by atoms with Gasteiger partial charge in [-0.3, -0.25) is 9.59 Å². The second kappa shape index (κ2) is 6.90. The van der Waals surface area contributed by atoms with Crippen molar-refractivity contribution in [3.05, 3.63) is 29.8 Å². The zero-order valence-corrected chi connectivity index (χ0v) is 12.4. The predicted octanol–water partition coefficient (Wildman–Crippen LogP) is 2.17. The molecule has 0 aliphatic heterocycles. The monoisotopic (exact) mass is 344 g/mol. The molecule has 0 heterocycles. The van der Waals surface area contributed by atoms with Gasteiger partial charge in [-0.25, -0.2) is 4.79 Å². The van der Waals surface area contributed by atoms with Crippen molar-refractivity contribution in [2.24, 2.45) is 5.92 Å². The summed E-state index contributed by atoms with van der Waals surface area (Å²) < 4.78 is 36.9. The Labute approximate surface area is 135 Å². The van der Waals surface area contributed by atoms with Gasteiger partial charge in [-0.2, -0.15) is 13.2 Å². The molecule has 24 heavy (non-hydrogen) atoms. The summed E-state index contributed by atoms with van der Waals surface area (Å²) in [6.45, 7) is 0. The lowest BCUT2D eigenvalue weighted by Gasteiger charge is -2.16. The molecule has 0 aromatic heterocycles. The smallest absolute Gasteiger partial charge is 0.391 e. The van der Waals surface area contributed by atoms with Crippen LogP contribution in [0.3, 0.4) is 0 Å². The lowest BCUT2D eigenvalue weighted by atomic mass is 10.1. The van der Waals surface area contributed by atoms with Gasteiger partial charge < -0.3 is 15.7 Å². The molecular weight excluding hydrogens is 329 g/mol. The van der Waals surface area contributed by atoms with Crippen LogP contribution < -0.4 is 10.6 Å². The van der Waals surface area contributed by atoms with Crippen LogP contribution in [-0.2, 0) is 9.59 Å². The summed E-state index contributed by atoms with van der Waals surface area (Å²) in [5, 5.41) is 13.2. The van der Waals surface area contributed by atoms with Crippen LogP contribution in [0.1, 0.15) is 29.6 Å². The molecule has 0 saturated heterocycles. The third-order valence-corrected chi connectivity index (χ3v) is 3.40. The van der Waals surface area contributed by atoms with Gasteiger partial charge in [-0.15, -0.1) is 0 Å². The fourth-order valence-electron chi connectivity index (χ4n) is 1.97. The maximum atomic E-state index is 12.3. The van der Waals surface area contributed by atoms with Gasteiger partial charge in [-0.1, -0.05) is 0 Å². The molecular formula is C15H15F3N2O4. The number of carbonyl (C=O) groups is 3. The molecule has 1 aromatic carbocycles. The first-order valence-corrected chi connectivity index (χ1v) is 7.17. The normalized spacial score (nSPS) is 15.5. The number of carbonyl (C=O) groups excluding carboxylic acids is 2. The average molecular weight is 344 g/mol. The first-order chi connectivity index (χ1) is 11.2. The van der Waals surface area contributed by atoms with E-state index >= 15 is 0 Å². The lowest BCUT2D eigenvalue weighted by Crippen LogP contribution is -2.43. The minimum Gasteiger partial charge on any atom is -0.480 e. The summed E-state index contributed by atoms with van der Waals surface area (Å²) >= 11 is 0. The molecule has 130 valence electrons. The second-order valence-corrected chi connectivity index (χ2v) is 5.52. The van der Waals surface area contributed by atoms with Gasteiger partial charge in [0, 0.05) is 17.2 Å². The van der Waals surface area contributed by atoms with Crippen LogP contribution in [0.25, 0.3) is 0 Å². The number of aliphatic carboxylic acids is 1. The van der Waals surface area contributed by atoms with Gasteiger partial charge in [0.05, 0.1) is 6.42 Å². The molecule has 0 radical (unpaired) electrons. The van der Waals surface area contributed by atoms with Crippen molar-refractivity contribution in [3.8, 4) is 0 Å². The van der Waals surface area contributed by atoms with Crippen molar-refractivity contribution in [3.63, 3.8) is 0 Å². The summed E-state index contributed by atoms with van der Waals surface area (Å²) in [6.07, 6.45) is -4.71. The van der Waals surface area contributed by atoms with Gasteiger partial charge in [0.25, 0.3) is 5.91 Å². The van der Waals surface area contributed by atoms with Crippen LogP contribution in [0, 0.1) is 5.92 Å². The van der Waals surface area contributed by atoms with E-state index in [0.29, 0.717) is 5.69 Å². The standard InChI is InChI=1S/C15H15F3N2O4/c16-15(17,18)7-11(14(23)24)20-13(22)9-3-5-10(6-4-9)19-12(21)8-1-2-8/h3-6,8,11H,1-2,7H2,(H,19,21)(H,20,22)(H,23,24). The van der Waals surface area contributed by atoms with E-state index in [4.69, 9.17) is 5.11 Å². The SMILES string of the molecule is O=C(NC(CC(F)(F)F)C(=O)O)c1ccc(NC(=O)C2CC2)cc1. The molecule has 1 fully saturated rings. The van der Waals surface area contributed by atoms with E-state index in [2.05, 4.69) is 5.32 Å². The van der Waals surface area contributed by atoms with Crippen molar-refractivity contribution in [2.45, 2.75) is 31.5 Å². The number of hydrogen-bond acceptors (Lipinski definition) is 3. The van der Waals surface area contributed by atoms with Gasteiger partial charge in [0.1, 0.15) is 6.04 Å². The highest BCUT2D eigenvalue weighted by molar-refractivity contribution is 5.98. The quantitative estimate of drug-likeness (QED) is 0.737. The number of rotatable bonds is 6. The Hall–Kier alpha value is -2.58. The summed E-state index contributed by atoms with van der Waals surface area (Å²) in [5.41, 5.74) is 0.446. The molecule has 1 unspecified atom stereocenters. The zero-order chi connectivity index (χ0) is 17.9. The van der Waals surface area contributed by atoms with Gasteiger partial charge in [0.2, 0.25) is 5.91 Å². The minimum atomic E-state index is -4.71. The van der Waals surface area contributed by atoms with Crippen molar-refractivity contribution < 1.29 is 32.7 Å². The molecule has 9 heteroatoms. The Morgan fingerprint density at radius 1 is 1.17 bits per heavy atom. The Bertz CT molecular complexity index is 639. The number of alkyl halides is 3. The molecule has 6 nitrogen and oxygen atoms in total. The van der Waals surface area contributed by atoms with Crippen molar-refractivity contribution in [1.82, 2.24) is 5.32 Å². The molecule has 0 spiro atoms. The van der Waals surface area contributed by atoms with E-state index in [9.17, 15) is 27.6 Å². The van der Waals surface area contributed by atoms with Gasteiger partial charge in [0.15, 0.2) is 0 Å². The molecule has 1 atom stereocenters. The van der Waals surface area contributed by atoms with Crippen molar-refractivity contribution >= 4 is 23.5 Å². The highest BCUT2D eigenvalue weighted by Gasteiger charge is 2.36. The molecule has 3 N–H and O–H groups in total. The molecule has 1 saturated carbocycles. The van der Waals surface area contributed by atoms with E-state index < -0.39 is 30.5 Å². The van der Waals surface area contributed by atoms with Crippen LogP contribution >= 0.6 is 0 Å². The minimum absolute atomic E-state index is 0.00617. The topological polar surface area (TPSA) is 95.5 Å². The van der Waals surface area contributed by atoms with Crippen molar-refractivity contribution in [2.75, 3.05) is 5.32 Å². The molecule has 2 rings (SSSR count). The second-order valence-electron chi connectivity index (χ2n) is 5.52. The predicted molar refractivity (Wildman–Crippen MR) is 77.4 cm³/mol. The third kappa shape index (κ3) is 5.25. The van der Waals surface area contributed by atoms with E-state index in [1.807, 2.05) is 5.32 Å². The highest BCUT2D eigenvalue weighted by atomic mass is 19.4. The van der Waals surface area contributed by atoms with Crippen LogP contribution in [0.15, 0.2) is 24.3 Å². The van der Waals surface area contributed by atoms with E-state index in [-0.39, 0.29) is 17.4 Å². The third-order valence-electron chi connectivity index (χ3n) is 3.40. The fraction of sp³-hybridized carbons (Fsp3) is 0.400. The maximum Gasteiger partial charge on any atom is 0.391 e. The van der Waals surface area contributed by atoms with Gasteiger partial charge in [-0.05, 0) is 37.1 Å². The van der Waals surface area contributed by atoms with Crippen LogP contribution in [0.5, 0.6) is 0 Å². The Morgan fingerprint density at radius 2 is 1.75 bits per heavy atom. The molecule has 2 amide bonds. The Kier molecular flexibility index (Phi) is 5.10. The van der Waals surface area contributed by atoms with Gasteiger partial charge >= 0.3 is 12.1 Å².